The minimum absolute atomic E-state index is 1.10. The van der Waals surface area contributed by atoms with Gasteiger partial charge in [0.15, 0.2) is 0 Å². The third-order valence-corrected chi connectivity index (χ3v) is 13.9. The molecule has 0 aliphatic heterocycles. The molecule has 12 rings (SSSR count). The minimum atomic E-state index is 1.10. The first-order valence-corrected chi connectivity index (χ1v) is 22.7. The summed E-state index contributed by atoms with van der Waals surface area (Å²) in [6.07, 6.45) is 0. The number of benzene rings is 11. The van der Waals surface area contributed by atoms with E-state index >= 15 is 0 Å². The molecule has 1 aromatic heterocycles. The summed E-state index contributed by atoms with van der Waals surface area (Å²) < 4.78 is 2.62. The molecule has 0 N–H and O–H groups in total. The molecule has 300 valence electrons. The first-order chi connectivity index (χ1) is 31.7. The molecule has 0 bridgehead atoms. The Morgan fingerprint density at radius 3 is 1.42 bits per heavy atom. The van der Waals surface area contributed by atoms with Crippen molar-refractivity contribution in [2.45, 2.75) is 0 Å². The standard InChI is InChI=1S/C62H41NS/c1-2-12-50-40-51(29-26-42(50)10-1)47-22-20-43(21-23-47)45-30-35-53(36-31-45)63(60-18-7-5-15-57(60)52-34-39-62-59(41-52)58-16-6-8-19-61(58)64-62)54-37-32-46(33-38-54)44-24-27-49(28-25-44)56-17-9-13-48-11-3-4-14-55(48)56/h1-41H. The zero-order valence-corrected chi connectivity index (χ0v) is 35.8. The van der Waals surface area contributed by atoms with Crippen molar-refractivity contribution in [3.63, 3.8) is 0 Å². The predicted molar refractivity (Wildman–Crippen MR) is 276 cm³/mol. The van der Waals surface area contributed by atoms with Gasteiger partial charge in [0.05, 0.1) is 5.69 Å². The molecule has 0 spiro atoms. The van der Waals surface area contributed by atoms with E-state index in [0.717, 1.165) is 17.1 Å². The van der Waals surface area contributed by atoms with Crippen LogP contribution >= 0.6 is 11.3 Å². The van der Waals surface area contributed by atoms with E-state index in [-0.39, 0.29) is 0 Å². The van der Waals surface area contributed by atoms with E-state index in [1.165, 1.54) is 97.4 Å². The number of hydrogen-bond acceptors (Lipinski definition) is 2. The lowest BCUT2D eigenvalue weighted by Gasteiger charge is -2.28. The van der Waals surface area contributed by atoms with E-state index < -0.39 is 0 Å². The fourth-order valence-corrected chi connectivity index (χ4v) is 10.5. The Kier molecular flexibility index (Phi) is 9.43. The lowest BCUT2D eigenvalue weighted by atomic mass is 9.96. The summed E-state index contributed by atoms with van der Waals surface area (Å²) in [5.74, 6) is 0. The van der Waals surface area contributed by atoms with Gasteiger partial charge in [-0.05, 0) is 126 Å². The van der Waals surface area contributed by atoms with Crippen molar-refractivity contribution in [2.24, 2.45) is 0 Å². The molecule has 2 heteroatoms. The van der Waals surface area contributed by atoms with Gasteiger partial charge in [0.1, 0.15) is 0 Å². The van der Waals surface area contributed by atoms with Gasteiger partial charge in [-0.2, -0.15) is 0 Å². The average molecular weight is 832 g/mol. The Morgan fingerprint density at radius 2 is 0.719 bits per heavy atom. The Morgan fingerprint density at radius 1 is 0.250 bits per heavy atom. The van der Waals surface area contributed by atoms with E-state index in [2.05, 4.69) is 254 Å². The third-order valence-electron chi connectivity index (χ3n) is 12.7. The van der Waals surface area contributed by atoms with Gasteiger partial charge in [0.25, 0.3) is 0 Å². The Bertz CT molecular complexity index is 3630. The number of para-hydroxylation sites is 1. The van der Waals surface area contributed by atoms with Crippen LogP contribution in [0, 0.1) is 0 Å². The second-order valence-electron chi connectivity index (χ2n) is 16.5. The second kappa shape index (κ2) is 16.0. The van der Waals surface area contributed by atoms with Gasteiger partial charge in [-0.1, -0.05) is 194 Å². The van der Waals surface area contributed by atoms with Crippen LogP contribution in [-0.4, -0.2) is 0 Å². The fourth-order valence-electron chi connectivity index (χ4n) is 9.38. The second-order valence-corrected chi connectivity index (χ2v) is 17.6. The van der Waals surface area contributed by atoms with Crippen molar-refractivity contribution in [3.05, 3.63) is 249 Å². The average Bonchev–Trinajstić information content (AvgIpc) is 3.75. The van der Waals surface area contributed by atoms with E-state index in [1.807, 2.05) is 11.3 Å². The third kappa shape index (κ3) is 6.91. The SMILES string of the molecule is c1ccc(N(c2ccc(-c3ccc(-c4ccc5ccccc5c4)cc3)cc2)c2ccc(-c3ccc(-c4cccc5ccccc45)cc3)cc2)c(-c2ccc3sc4ccccc4c3c2)c1. The highest BCUT2D eigenvalue weighted by Gasteiger charge is 2.19. The fraction of sp³-hybridized carbons (Fsp3) is 0. The zero-order valence-electron chi connectivity index (χ0n) is 35.0. The topological polar surface area (TPSA) is 3.24 Å². The molecule has 0 saturated carbocycles. The van der Waals surface area contributed by atoms with Crippen LogP contribution in [-0.2, 0) is 0 Å². The van der Waals surface area contributed by atoms with E-state index in [4.69, 9.17) is 0 Å². The number of rotatable bonds is 8. The van der Waals surface area contributed by atoms with Crippen LogP contribution in [0.4, 0.5) is 17.1 Å². The lowest BCUT2D eigenvalue weighted by molar-refractivity contribution is 1.28. The molecular formula is C62H41NS. The Hall–Kier alpha value is -8.04. The number of nitrogens with zero attached hydrogens (tertiary/aromatic N) is 1. The molecule has 12 aromatic rings. The lowest BCUT2D eigenvalue weighted by Crippen LogP contribution is -2.11. The highest BCUT2D eigenvalue weighted by molar-refractivity contribution is 7.25. The van der Waals surface area contributed by atoms with Gasteiger partial charge < -0.3 is 4.90 Å². The molecule has 0 radical (unpaired) electrons. The maximum Gasteiger partial charge on any atom is 0.0540 e. The number of thiophene rings is 1. The van der Waals surface area contributed by atoms with Crippen molar-refractivity contribution < 1.29 is 0 Å². The maximum absolute atomic E-state index is 2.41. The largest absolute Gasteiger partial charge is 0.310 e. The van der Waals surface area contributed by atoms with Crippen LogP contribution in [0.15, 0.2) is 249 Å². The number of anilines is 3. The highest BCUT2D eigenvalue weighted by atomic mass is 32.1. The van der Waals surface area contributed by atoms with Crippen molar-refractivity contribution in [3.8, 4) is 55.6 Å². The van der Waals surface area contributed by atoms with E-state index in [9.17, 15) is 0 Å². The quantitative estimate of drug-likeness (QED) is 0.147. The van der Waals surface area contributed by atoms with Crippen LogP contribution in [0.2, 0.25) is 0 Å². The van der Waals surface area contributed by atoms with Crippen molar-refractivity contribution in [1.29, 1.82) is 0 Å². The number of hydrogen-bond donors (Lipinski definition) is 0. The molecule has 0 atom stereocenters. The van der Waals surface area contributed by atoms with Crippen LogP contribution in [0.25, 0.3) is 97.4 Å². The molecule has 0 aliphatic carbocycles. The molecule has 0 saturated heterocycles. The Balaban J connectivity index is 0.907. The minimum Gasteiger partial charge on any atom is -0.310 e. The molecule has 0 unspecified atom stereocenters. The van der Waals surface area contributed by atoms with E-state index in [0.29, 0.717) is 0 Å². The molecule has 64 heavy (non-hydrogen) atoms. The molecular weight excluding hydrogens is 791 g/mol. The summed E-state index contributed by atoms with van der Waals surface area (Å²) in [7, 11) is 0. The molecule has 0 amide bonds. The molecule has 11 aromatic carbocycles. The van der Waals surface area contributed by atoms with Crippen molar-refractivity contribution in [2.75, 3.05) is 4.90 Å². The summed E-state index contributed by atoms with van der Waals surface area (Å²) in [6.45, 7) is 0. The molecule has 0 aliphatic rings. The van der Waals surface area contributed by atoms with Gasteiger partial charge in [0.2, 0.25) is 0 Å². The van der Waals surface area contributed by atoms with Gasteiger partial charge in [-0.3, -0.25) is 0 Å². The first kappa shape index (κ1) is 37.7. The van der Waals surface area contributed by atoms with Gasteiger partial charge in [0, 0.05) is 37.1 Å². The van der Waals surface area contributed by atoms with Gasteiger partial charge in [-0.25, -0.2) is 0 Å². The smallest absolute Gasteiger partial charge is 0.0540 e. The van der Waals surface area contributed by atoms with Gasteiger partial charge in [-0.15, -0.1) is 11.3 Å². The van der Waals surface area contributed by atoms with E-state index in [1.54, 1.807) is 0 Å². The summed E-state index contributed by atoms with van der Waals surface area (Å²) >= 11 is 1.86. The van der Waals surface area contributed by atoms with Crippen LogP contribution < -0.4 is 4.90 Å². The van der Waals surface area contributed by atoms with Crippen LogP contribution in [0.3, 0.4) is 0 Å². The Labute approximate surface area is 377 Å². The predicted octanol–water partition coefficient (Wildman–Crippen LogP) is 18.2. The summed E-state index contributed by atoms with van der Waals surface area (Å²) in [5.41, 5.74) is 15.4. The molecule has 1 nitrogen and oxygen atoms in total. The highest BCUT2D eigenvalue weighted by Crippen LogP contribution is 2.44. The normalized spacial score (nSPS) is 11.4. The van der Waals surface area contributed by atoms with Crippen molar-refractivity contribution >= 4 is 70.1 Å². The molecule has 0 fully saturated rings. The van der Waals surface area contributed by atoms with Crippen LogP contribution in [0.1, 0.15) is 0 Å². The monoisotopic (exact) mass is 831 g/mol. The van der Waals surface area contributed by atoms with Crippen molar-refractivity contribution in [1.82, 2.24) is 0 Å². The maximum atomic E-state index is 2.41. The van der Waals surface area contributed by atoms with Crippen LogP contribution in [0.5, 0.6) is 0 Å². The summed E-state index contributed by atoms with van der Waals surface area (Å²) in [5, 5.41) is 7.65. The summed E-state index contributed by atoms with van der Waals surface area (Å²) in [6, 6.07) is 90.9. The first-order valence-electron chi connectivity index (χ1n) is 21.9. The zero-order chi connectivity index (χ0) is 42.4. The molecule has 1 heterocycles. The number of fused-ring (bicyclic) bond motifs is 5. The van der Waals surface area contributed by atoms with Gasteiger partial charge >= 0.3 is 0 Å². The summed E-state index contributed by atoms with van der Waals surface area (Å²) in [4.78, 5) is 2.41.